The van der Waals surface area contributed by atoms with E-state index < -0.39 is 41.0 Å². The summed E-state index contributed by atoms with van der Waals surface area (Å²) in [6.45, 7) is 3.72. The van der Waals surface area contributed by atoms with Gasteiger partial charge in [0.2, 0.25) is 6.79 Å². The molecule has 1 saturated heterocycles. The highest BCUT2D eigenvalue weighted by Crippen LogP contribution is 2.50. The highest BCUT2D eigenvalue weighted by Gasteiger charge is 2.71. The largest absolute Gasteiger partial charge is 0.494 e. The van der Waals surface area contributed by atoms with Crippen LogP contribution in [0.1, 0.15) is 49.8 Å². The van der Waals surface area contributed by atoms with Crippen molar-refractivity contribution in [2.45, 2.75) is 63.0 Å². The number of imide groups is 1. The second-order valence-electron chi connectivity index (χ2n) is 11.3. The standard InChI is InChI=1S/C33H32F6N2O6/c1-3-7-20-16-23(31(44,32(34,35)36)33(37,38)39)10-12-25(20)21-8-5-9-24(17-21)45-15-6-14-41-28(42)30(4-2,40-29(41)43)22-11-13-26-27(18-22)47-19-46-26/h5,8-13,16-18,44H,3-4,6-7,14-15,19H2,1-2H3,(H,40,43). The topological polar surface area (TPSA) is 97.3 Å². The zero-order valence-electron chi connectivity index (χ0n) is 25.4. The average Bonchev–Trinajstić information content (AvgIpc) is 3.59. The monoisotopic (exact) mass is 666 g/mol. The minimum atomic E-state index is -5.99. The molecule has 0 saturated carbocycles. The van der Waals surface area contributed by atoms with Gasteiger partial charge in [0.1, 0.15) is 11.3 Å². The van der Waals surface area contributed by atoms with Crippen LogP contribution < -0.4 is 19.5 Å². The van der Waals surface area contributed by atoms with Gasteiger partial charge in [-0.3, -0.25) is 9.69 Å². The number of carbonyl (C=O) groups is 2. The van der Waals surface area contributed by atoms with Gasteiger partial charge in [-0.15, -0.1) is 0 Å². The summed E-state index contributed by atoms with van der Waals surface area (Å²) in [4.78, 5) is 27.5. The molecule has 0 bridgehead atoms. The summed E-state index contributed by atoms with van der Waals surface area (Å²) in [6, 6.07) is 13.5. The van der Waals surface area contributed by atoms with Crippen LogP contribution in [0.2, 0.25) is 0 Å². The molecule has 0 radical (unpaired) electrons. The molecule has 252 valence electrons. The summed E-state index contributed by atoms with van der Waals surface area (Å²) in [7, 11) is 0. The number of nitrogens with zero attached hydrogens (tertiary/aromatic N) is 1. The fourth-order valence-corrected chi connectivity index (χ4v) is 5.86. The van der Waals surface area contributed by atoms with Gasteiger partial charge in [0.25, 0.3) is 11.5 Å². The first-order valence-electron chi connectivity index (χ1n) is 14.9. The summed E-state index contributed by atoms with van der Waals surface area (Å²) >= 11 is 0. The zero-order valence-corrected chi connectivity index (χ0v) is 25.4. The molecular formula is C33H32F6N2O6. The zero-order chi connectivity index (χ0) is 34.2. The fraction of sp³-hybridized carbons (Fsp3) is 0.394. The SMILES string of the molecule is CCCc1cc(C(O)(C(F)(F)F)C(F)(F)F)ccc1-c1cccc(OCCCN2C(=O)NC(CC)(c3ccc4c(c3)OCO4)C2=O)c1. The molecule has 2 aliphatic heterocycles. The lowest BCUT2D eigenvalue weighted by Gasteiger charge is -2.33. The van der Waals surface area contributed by atoms with E-state index in [2.05, 4.69) is 5.32 Å². The van der Waals surface area contributed by atoms with Gasteiger partial charge in [0.15, 0.2) is 11.5 Å². The molecule has 1 unspecified atom stereocenters. The minimum absolute atomic E-state index is 0.0556. The van der Waals surface area contributed by atoms with Gasteiger partial charge in [-0.1, -0.05) is 56.7 Å². The molecule has 3 aromatic rings. The fourth-order valence-electron chi connectivity index (χ4n) is 5.86. The van der Waals surface area contributed by atoms with Crippen LogP contribution in [0.3, 0.4) is 0 Å². The van der Waals surface area contributed by atoms with Crippen LogP contribution in [0.4, 0.5) is 31.1 Å². The van der Waals surface area contributed by atoms with E-state index in [1.807, 2.05) is 0 Å². The molecule has 0 aliphatic carbocycles. The number of urea groups is 1. The van der Waals surface area contributed by atoms with Gasteiger partial charge in [-0.25, -0.2) is 4.79 Å². The Morgan fingerprint density at radius 1 is 0.936 bits per heavy atom. The van der Waals surface area contributed by atoms with Gasteiger partial charge >= 0.3 is 18.4 Å². The maximum absolute atomic E-state index is 13.5. The van der Waals surface area contributed by atoms with Crippen LogP contribution in [0.15, 0.2) is 60.7 Å². The lowest BCUT2D eigenvalue weighted by atomic mass is 9.87. The van der Waals surface area contributed by atoms with E-state index in [4.69, 9.17) is 14.2 Å². The smallest absolute Gasteiger partial charge is 0.430 e. The Kier molecular flexibility index (Phi) is 9.10. The summed E-state index contributed by atoms with van der Waals surface area (Å²) in [6.07, 6.45) is -10.8. The number of aliphatic hydroxyl groups is 1. The van der Waals surface area contributed by atoms with E-state index in [9.17, 15) is 41.0 Å². The summed E-state index contributed by atoms with van der Waals surface area (Å²) in [5.41, 5.74) is -6.00. The van der Waals surface area contributed by atoms with E-state index in [1.165, 1.54) is 0 Å². The number of hydrogen-bond acceptors (Lipinski definition) is 6. The minimum Gasteiger partial charge on any atom is -0.494 e. The lowest BCUT2D eigenvalue weighted by molar-refractivity contribution is -0.376. The number of hydrogen-bond donors (Lipinski definition) is 2. The quantitative estimate of drug-likeness (QED) is 0.130. The molecule has 0 spiro atoms. The third-order valence-corrected chi connectivity index (χ3v) is 8.37. The molecule has 3 amide bonds. The number of amides is 3. The van der Waals surface area contributed by atoms with Crippen molar-refractivity contribution in [1.82, 2.24) is 10.2 Å². The molecule has 47 heavy (non-hydrogen) atoms. The number of nitrogens with one attached hydrogen (secondary N) is 1. The van der Waals surface area contributed by atoms with Gasteiger partial charge in [-0.05, 0) is 65.8 Å². The van der Waals surface area contributed by atoms with Crippen LogP contribution in [0, 0.1) is 0 Å². The molecular weight excluding hydrogens is 634 g/mol. The second kappa shape index (κ2) is 12.6. The third-order valence-electron chi connectivity index (χ3n) is 8.37. The number of rotatable bonds is 11. The Hall–Kier alpha value is -4.46. The van der Waals surface area contributed by atoms with E-state index >= 15 is 0 Å². The van der Waals surface area contributed by atoms with Gasteiger partial charge < -0.3 is 24.6 Å². The Bertz CT molecular complexity index is 1650. The van der Waals surface area contributed by atoms with Crippen LogP contribution in [0.5, 0.6) is 17.2 Å². The second-order valence-corrected chi connectivity index (χ2v) is 11.3. The molecule has 2 aliphatic rings. The van der Waals surface area contributed by atoms with Crippen molar-refractivity contribution in [3.05, 3.63) is 77.4 Å². The first kappa shape index (κ1) is 33.9. The highest BCUT2D eigenvalue weighted by atomic mass is 19.4. The van der Waals surface area contributed by atoms with Crippen molar-refractivity contribution in [3.63, 3.8) is 0 Å². The Morgan fingerprint density at radius 3 is 2.34 bits per heavy atom. The predicted octanol–water partition coefficient (Wildman–Crippen LogP) is 6.97. The van der Waals surface area contributed by atoms with Gasteiger partial charge in [-0.2, -0.15) is 26.3 Å². The molecule has 3 aromatic carbocycles. The molecule has 5 rings (SSSR count). The first-order valence-corrected chi connectivity index (χ1v) is 14.9. The molecule has 1 atom stereocenters. The van der Waals surface area contributed by atoms with Gasteiger partial charge in [0, 0.05) is 12.1 Å². The van der Waals surface area contributed by atoms with Crippen molar-refractivity contribution >= 4 is 11.9 Å². The van der Waals surface area contributed by atoms with E-state index in [0.717, 1.165) is 17.0 Å². The Labute approximate surface area is 266 Å². The van der Waals surface area contributed by atoms with Crippen molar-refractivity contribution in [2.24, 2.45) is 0 Å². The number of halogens is 6. The normalized spacial score (nSPS) is 18.1. The molecule has 8 nitrogen and oxygen atoms in total. The van der Waals surface area contributed by atoms with Crippen LogP contribution >= 0.6 is 0 Å². The first-order chi connectivity index (χ1) is 22.2. The van der Waals surface area contributed by atoms with Crippen molar-refractivity contribution in [1.29, 1.82) is 0 Å². The number of aryl methyl sites for hydroxylation is 1. The van der Waals surface area contributed by atoms with Crippen LogP contribution in [-0.2, 0) is 22.4 Å². The number of ether oxygens (including phenoxy) is 3. The van der Waals surface area contributed by atoms with Crippen molar-refractivity contribution < 1.29 is 55.2 Å². The summed E-state index contributed by atoms with van der Waals surface area (Å²) in [5, 5.41) is 12.7. The van der Waals surface area contributed by atoms with Gasteiger partial charge in [0.05, 0.1) is 6.61 Å². The predicted molar refractivity (Wildman–Crippen MR) is 157 cm³/mol. The highest BCUT2D eigenvalue weighted by molar-refractivity contribution is 6.07. The molecule has 1 fully saturated rings. The van der Waals surface area contributed by atoms with E-state index in [-0.39, 0.29) is 38.3 Å². The van der Waals surface area contributed by atoms with Crippen molar-refractivity contribution in [2.75, 3.05) is 19.9 Å². The lowest BCUT2D eigenvalue weighted by Crippen LogP contribution is -2.53. The Morgan fingerprint density at radius 2 is 1.66 bits per heavy atom. The van der Waals surface area contributed by atoms with Crippen LogP contribution in [0.25, 0.3) is 11.1 Å². The maximum Gasteiger partial charge on any atom is 0.430 e. The molecule has 2 heterocycles. The van der Waals surface area contributed by atoms with Crippen LogP contribution in [-0.4, -0.2) is 54.2 Å². The molecule has 0 aromatic heterocycles. The number of carbonyl (C=O) groups excluding carboxylic acids is 2. The maximum atomic E-state index is 13.5. The molecule has 14 heteroatoms. The number of alkyl halides is 6. The van der Waals surface area contributed by atoms with E-state index in [1.54, 1.807) is 56.3 Å². The summed E-state index contributed by atoms with van der Waals surface area (Å²) < 4.78 is 97.7. The number of benzene rings is 3. The molecule has 2 N–H and O–H groups in total. The van der Waals surface area contributed by atoms with E-state index in [0.29, 0.717) is 52.8 Å². The average molecular weight is 667 g/mol. The Balaban J connectivity index is 1.28. The third kappa shape index (κ3) is 6.06. The number of fused-ring (bicyclic) bond motifs is 1. The summed E-state index contributed by atoms with van der Waals surface area (Å²) in [5.74, 6) is 0.967. The van der Waals surface area contributed by atoms with Crippen molar-refractivity contribution in [3.8, 4) is 28.4 Å².